The summed E-state index contributed by atoms with van der Waals surface area (Å²) in [6.07, 6.45) is -3.63. The molecule has 2 aromatic heterocycles. The summed E-state index contributed by atoms with van der Waals surface area (Å²) in [5.74, 6) is -0.534. The van der Waals surface area contributed by atoms with Gasteiger partial charge in [0.05, 0.1) is 31.6 Å². The lowest BCUT2D eigenvalue weighted by atomic mass is 10.0. The first-order valence-electron chi connectivity index (χ1n) is 13.2. The number of hydrogen-bond donors (Lipinski definition) is 2. The number of nitrogens with zero attached hydrogens (tertiary/aromatic N) is 5. The zero-order chi connectivity index (χ0) is 30.2. The third kappa shape index (κ3) is 5.40. The van der Waals surface area contributed by atoms with Crippen LogP contribution in [0.1, 0.15) is 43.6 Å². The van der Waals surface area contributed by atoms with Gasteiger partial charge in [0.2, 0.25) is 5.91 Å². The summed E-state index contributed by atoms with van der Waals surface area (Å²) in [5, 5.41) is 14.0. The lowest BCUT2D eigenvalue weighted by molar-refractivity contribution is -0.143. The fourth-order valence-corrected chi connectivity index (χ4v) is 5.33. The fraction of sp³-hybridized carbons (Fsp3) is 0.310. The summed E-state index contributed by atoms with van der Waals surface area (Å²) < 4.78 is 48.6. The van der Waals surface area contributed by atoms with Crippen LogP contribution in [0.5, 0.6) is 5.75 Å². The zero-order valence-corrected chi connectivity index (χ0v) is 22.9. The van der Waals surface area contributed by atoms with Crippen LogP contribution in [-0.2, 0) is 6.18 Å². The molecule has 0 saturated carbocycles. The Hall–Kier alpha value is -4.49. The Morgan fingerprint density at radius 3 is 2.38 bits per heavy atom. The summed E-state index contributed by atoms with van der Waals surface area (Å²) in [7, 11) is 1.49. The van der Waals surface area contributed by atoms with Gasteiger partial charge in [-0.05, 0) is 48.9 Å². The van der Waals surface area contributed by atoms with Crippen LogP contribution in [0, 0.1) is 6.92 Å². The van der Waals surface area contributed by atoms with Crippen molar-refractivity contribution in [2.45, 2.75) is 19.1 Å². The van der Waals surface area contributed by atoms with Crippen LogP contribution in [0.4, 0.5) is 13.2 Å². The van der Waals surface area contributed by atoms with Crippen molar-refractivity contribution in [3.8, 4) is 17.0 Å². The fourth-order valence-electron chi connectivity index (χ4n) is 5.33. The number of halogens is 3. The van der Waals surface area contributed by atoms with Gasteiger partial charge in [-0.3, -0.25) is 14.5 Å². The zero-order valence-electron chi connectivity index (χ0n) is 22.9. The van der Waals surface area contributed by atoms with Crippen molar-refractivity contribution < 1.29 is 32.6 Å². The predicted octanol–water partition coefficient (Wildman–Crippen LogP) is 3.32. The second-order valence-corrected chi connectivity index (χ2v) is 9.97. The van der Waals surface area contributed by atoms with Crippen LogP contribution in [0.25, 0.3) is 16.9 Å². The molecule has 4 aromatic rings. The second kappa shape index (κ2) is 11.4. The maximum absolute atomic E-state index is 14.3. The smallest absolute Gasteiger partial charge is 0.433 e. The van der Waals surface area contributed by atoms with Crippen molar-refractivity contribution in [3.05, 3.63) is 82.7 Å². The number of aliphatic hydroxyl groups excluding tert-OH is 1. The van der Waals surface area contributed by atoms with E-state index in [0.29, 0.717) is 40.0 Å². The maximum atomic E-state index is 14.3. The SMILES string of the molecule is COc1ccc(-c2nc3c(C(=O)N4CCN(C(CO)c5cccc(C(N)=O)c5)CC4)cnn3c(C(F)(F)F)c2C)cc1. The van der Waals surface area contributed by atoms with E-state index >= 15 is 0 Å². The Morgan fingerprint density at radius 1 is 1.10 bits per heavy atom. The van der Waals surface area contributed by atoms with Crippen molar-refractivity contribution in [2.75, 3.05) is 39.9 Å². The molecular formula is C29H29F3N6O4. The number of aromatic nitrogens is 3. The molecule has 220 valence electrons. The number of primary amides is 1. The van der Waals surface area contributed by atoms with Crippen molar-refractivity contribution >= 4 is 17.5 Å². The molecule has 13 heteroatoms. The summed E-state index contributed by atoms with van der Waals surface area (Å²) in [5.41, 5.74) is 5.58. The van der Waals surface area contributed by atoms with E-state index in [9.17, 15) is 27.9 Å². The topological polar surface area (TPSA) is 126 Å². The number of nitrogens with two attached hydrogens (primary N) is 1. The van der Waals surface area contributed by atoms with Crippen LogP contribution in [0.3, 0.4) is 0 Å². The van der Waals surface area contributed by atoms with Crippen molar-refractivity contribution in [3.63, 3.8) is 0 Å². The molecule has 10 nitrogen and oxygen atoms in total. The Labute approximate surface area is 239 Å². The van der Waals surface area contributed by atoms with E-state index in [-0.39, 0.29) is 42.2 Å². The number of ether oxygens (including phenoxy) is 1. The van der Waals surface area contributed by atoms with Crippen LogP contribution >= 0.6 is 0 Å². The number of alkyl halides is 3. The van der Waals surface area contributed by atoms with Gasteiger partial charge in [-0.15, -0.1) is 0 Å². The lowest BCUT2D eigenvalue weighted by Crippen LogP contribution is -2.50. The molecule has 0 radical (unpaired) electrons. The molecule has 2 aromatic carbocycles. The molecule has 3 heterocycles. The molecule has 0 aliphatic carbocycles. The van der Waals surface area contributed by atoms with E-state index in [0.717, 1.165) is 6.20 Å². The molecule has 1 saturated heterocycles. The Kier molecular flexibility index (Phi) is 7.89. The molecule has 1 aliphatic heterocycles. The van der Waals surface area contributed by atoms with Crippen LogP contribution < -0.4 is 10.5 Å². The monoisotopic (exact) mass is 582 g/mol. The summed E-state index contributed by atoms with van der Waals surface area (Å²) in [6, 6.07) is 12.7. The standard InChI is InChI=1S/C29H29F3N6O4/c1-17-24(18-6-8-21(42-2)9-7-18)35-27-22(15-34-38(27)25(17)29(30,31)32)28(41)37-12-10-36(11-13-37)23(16-39)19-4-3-5-20(14-19)26(33)40/h3-9,14-15,23,39H,10-13,16H2,1-2H3,(H2,33,40). The van der Waals surface area contributed by atoms with Gasteiger partial charge in [-0.2, -0.15) is 18.3 Å². The average molecular weight is 583 g/mol. The Bertz CT molecular complexity index is 1630. The van der Waals surface area contributed by atoms with Crippen LogP contribution in [0.2, 0.25) is 0 Å². The van der Waals surface area contributed by atoms with Gasteiger partial charge in [0.1, 0.15) is 11.3 Å². The van der Waals surface area contributed by atoms with Crippen molar-refractivity contribution in [1.29, 1.82) is 0 Å². The minimum absolute atomic E-state index is 0.0448. The minimum Gasteiger partial charge on any atom is -0.497 e. The van der Waals surface area contributed by atoms with E-state index in [1.165, 1.54) is 18.9 Å². The van der Waals surface area contributed by atoms with Gasteiger partial charge >= 0.3 is 6.18 Å². The Morgan fingerprint density at radius 2 is 1.79 bits per heavy atom. The predicted molar refractivity (Wildman–Crippen MR) is 147 cm³/mol. The highest BCUT2D eigenvalue weighted by Crippen LogP contribution is 2.37. The molecule has 0 bridgehead atoms. The van der Waals surface area contributed by atoms with E-state index in [4.69, 9.17) is 10.5 Å². The molecule has 1 aliphatic rings. The van der Waals surface area contributed by atoms with E-state index < -0.39 is 29.7 Å². The molecule has 1 fully saturated rings. The average Bonchev–Trinajstić information content (AvgIpc) is 3.39. The van der Waals surface area contributed by atoms with E-state index in [2.05, 4.69) is 10.1 Å². The molecule has 42 heavy (non-hydrogen) atoms. The number of carbonyl (C=O) groups is 2. The summed E-state index contributed by atoms with van der Waals surface area (Å²) in [6.45, 7) is 2.38. The van der Waals surface area contributed by atoms with Crippen LogP contribution in [-0.4, -0.2) is 81.2 Å². The number of hydrogen-bond acceptors (Lipinski definition) is 7. The molecule has 3 N–H and O–H groups in total. The first-order valence-corrected chi connectivity index (χ1v) is 13.2. The number of benzene rings is 2. The van der Waals surface area contributed by atoms with E-state index in [1.54, 1.807) is 48.5 Å². The van der Waals surface area contributed by atoms with Gasteiger partial charge in [0.15, 0.2) is 11.3 Å². The molecular weight excluding hydrogens is 553 g/mol. The van der Waals surface area contributed by atoms with Gasteiger partial charge in [0, 0.05) is 42.9 Å². The van der Waals surface area contributed by atoms with Gasteiger partial charge in [-0.25, -0.2) is 9.50 Å². The number of amides is 2. The number of fused-ring (bicyclic) bond motifs is 1. The number of piperazine rings is 1. The lowest BCUT2D eigenvalue weighted by Gasteiger charge is -2.38. The highest BCUT2D eigenvalue weighted by Gasteiger charge is 2.39. The van der Waals surface area contributed by atoms with Crippen molar-refractivity contribution in [2.24, 2.45) is 5.73 Å². The highest BCUT2D eigenvalue weighted by molar-refractivity contribution is 6.00. The number of carbonyl (C=O) groups excluding carboxylic acids is 2. The quantitative estimate of drug-likeness (QED) is 0.342. The Balaban J connectivity index is 1.43. The van der Waals surface area contributed by atoms with E-state index in [1.807, 2.05) is 4.90 Å². The number of methoxy groups -OCH3 is 1. The maximum Gasteiger partial charge on any atom is 0.433 e. The molecule has 1 unspecified atom stereocenters. The largest absolute Gasteiger partial charge is 0.497 e. The molecule has 2 amide bonds. The first-order chi connectivity index (χ1) is 20.0. The molecule has 5 rings (SSSR count). The number of rotatable bonds is 7. The van der Waals surface area contributed by atoms with Gasteiger partial charge in [0.25, 0.3) is 5.91 Å². The minimum atomic E-state index is -4.75. The third-order valence-electron chi connectivity index (χ3n) is 7.52. The second-order valence-electron chi connectivity index (χ2n) is 9.97. The first kappa shape index (κ1) is 29.0. The van der Waals surface area contributed by atoms with Crippen LogP contribution in [0.15, 0.2) is 54.7 Å². The van der Waals surface area contributed by atoms with Gasteiger partial charge < -0.3 is 20.5 Å². The normalized spacial score (nSPS) is 15.1. The third-order valence-corrected chi connectivity index (χ3v) is 7.52. The molecule has 0 spiro atoms. The summed E-state index contributed by atoms with van der Waals surface area (Å²) >= 11 is 0. The number of aliphatic hydroxyl groups is 1. The molecule has 1 atom stereocenters. The highest BCUT2D eigenvalue weighted by atomic mass is 19.4. The summed E-state index contributed by atoms with van der Waals surface area (Å²) in [4.78, 5) is 33.2. The van der Waals surface area contributed by atoms with Crippen molar-refractivity contribution in [1.82, 2.24) is 24.4 Å². The van der Waals surface area contributed by atoms with Gasteiger partial charge in [-0.1, -0.05) is 12.1 Å².